The van der Waals surface area contributed by atoms with E-state index in [4.69, 9.17) is 9.72 Å². The number of piperidine rings is 1. The molecule has 0 saturated carbocycles. The summed E-state index contributed by atoms with van der Waals surface area (Å²) in [5.74, 6) is 1.36. The lowest BCUT2D eigenvalue weighted by Crippen LogP contribution is -2.39. The molecule has 1 aliphatic heterocycles. The third-order valence-corrected chi connectivity index (χ3v) is 7.49. The lowest BCUT2D eigenvalue weighted by molar-refractivity contribution is 0.0603. The second kappa shape index (κ2) is 9.28. The molecule has 0 radical (unpaired) electrons. The highest BCUT2D eigenvalue weighted by atomic mass is 16.5. The Labute approximate surface area is 207 Å². The number of aryl methyl sites for hydroxylation is 1. The number of likely N-dealkylation sites (tertiary alicyclic amines) is 1. The highest BCUT2D eigenvalue weighted by molar-refractivity contribution is 5.84. The number of benzene rings is 2. The van der Waals surface area contributed by atoms with Crippen LogP contribution in [0.15, 0.2) is 36.4 Å². The summed E-state index contributed by atoms with van der Waals surface area (Å²) in [6.07, 6.45) is 3.79. The van der Waals surface area contributed by atoms with E-state index >= 15 is 0 Å². The molecule has 1 saturated heterocycles. The van der Waals surface area contributed by atoms with Gasteiger partial charge < -0.3 is 19.3 Å². The molecule has 7 heteroatoms. The van der Waals surface area contributed by atoms with Crippen LogP contribution in [-0.4, -0.2) is 52.4 Å². The zero-order valence-electron chi connectivity index (χ0n) is 21.2. The number of rotatable bonds is 5. The normalized spacial score (nSPS) is 19.2. The number of carbonyl (C=O) groups excluding carboxylic acids is 1. The zero-order valence-corrected chi connectivity index (χ0v) is 21.2. The Morgan fingerprint density at radius 1 is 1.14 bits per heavy atom. The first kappa shape index (κ1) is 23.8. The minimum Gasteiger partial charge on any atom is -0.453 e. The number of aliphatic hydroxyl groups is 1. The molecule has 2 aliphatic rings. The molecular formula is C28H36N4O3. The molecule has 5 rings (SSSR count). The third-order valence-electron chi connectivity index (χ3n) is 7.49. The van der Waals surface area contributed by atoms with Gasteiger partial charge in [0.05, 0.1) is 18.1 Å². The van der Waals surface area contributed by atoms with Gasteiger partial charge in [0.15, 0.2) is 0 Å². The lowest BCUT2D eigenvalue weighted by Gasteiger charge is -2.35. The Morgan fingerprint density at radius 2 is 1.89 bits per heavy atom. The first-order chi connectivity index (χ1) is 16.7. The van der Waals surface area contributed by atoms with E-state index < -0.39 is 11.7 Å². The molecule has 35 heavy (non-hydrogen) atoms. The molecule has 1 amide bonds. The number of aromatic nitrogens is 2. The second-order valence-electron chi connectivity index (χ2n) is 10.8. The standard InChI is InChI=1S/C28H36N4O3/c1-18-5-8-25-24(13-18)30-26(28(2,3)34)32(25)23-9-11-31(12-10-23)17-19-14-20-6-7-22(16-21(20)15-19)29-27(33)35-4/h5-8,13,16,19,23,34H,9-12,14-15,17H2,1-4H3,(H,29,33)/t19-/m1/s1. The van der Waals surface area contributed by atoms with Crippen LogP contribution in [0.3, 0.4) is 0 Å². The van der Waals surface area contributed by atoms with Crippen LogP contribution in [0, 0.1) is 12.8 Å². The largest absolute Gasteiger partial charge is 0.453 e. The number of fused-ring (bicyclic) bond motifs is 2. The van der Waals surface area contributed by atoms with Gasteiger partial charge in [0.25, 0.3) is 0 Å². The molecule has 7 nitrogen and oxygen atoms in total. The number of methoxy groups -OCH3 is 1. The minimum atomic E-state index is -0.985. The van der Waals surface area contributed by atoms with Gasteiger partial charge in [-0.15, -0.1) is 0 Å². The number of ether oxygens (including phenoxy) is 1. The van der Waals surface area contributed by atoms with Crippen LogP contribution in [0.2, 0.25) is 0 Å². The lowest BCUT2D eigenvalue weighted by atomic mass is 9.99. The molecule has 1 aliphatic carbocycles. The summed E-state index contributed by atoms with van der Waals surface area (Å²) >= 11 is 0. The van der Waals surface area contributed by atoms with Crippen LogP contribution in [0.5, 0.6) is 0 Å². The summed E-state index contributed by atoms with van der Waals surface area (Å²) in [5, 5.41) is 13.6. The predicted octanol–water partition coefficient (Wildman–Crippen LogP) is 4.80. The number of amides is 1. The summed E-state index contributed by atoms with van der Waals surface area (Å²) in [6.45, 7) is 8.92. The number of anilines is 1. The van der Waals surface area contributed by atoms with Gasteiger partial charge in [0.1, 0.15) is 11.4 Å². The number of carbonyl (C=O) groups is 1. The van der Waals surface area contributed by atoms with E-state index in [0.717, 1.165) is 67.9 Å². The topological polar surface area (TPSA) is 79.6 Å². The summed E-state index contributed by atoms with van der Waals surface area (Å²) in [4.78, 5) is 19.0. The van der Waals surface area contributed by atoms with Gasteiger partial charge in [-0.1, -0.05) is 12.1 Å². The van der Waals surface area contributed by atoms with Gasteiger partial charge in [0, 0.05) is 31.4 Å². The van der Waals surface area contributed by atoms with Crippen molar-refractivity contribution in [3.8, 4) is 0 Å². The first-order valence-corrected chi connectivity index (χ1v) is 12.6. The van der Waals surface area contributed by atoms with Crippen molar-refractivity contribution in [2.24, 2.45) is 5.92 Å². The number of nitrogens with one attached hydrogen (secondary N) is 1. The number of hydrogen-bond donors (Lipinski definition) is 2. The molecule has 3 aromatic rings. The smallest absolute Gasteiger partial charge is 0.411 e. The van der Waals surface area contributed by atoms with E-state index in [1.165, 1.54) is 23.8 Å². The molecule has 2 N–H and O–H groups in total. The highest BCUT2D eigenvalue weighted by Gasteiger charge is 2.32. The van der Waals surface area contributed by atoms with E-state index in [9.17, 15) is 9.90 Å². The summed E-state index contributed by atoms with van der Waals surface area (Å²) in [5.41, 5.74) is 5.79. The van der Waals surface area contributed by atoms with E-state index in [2.05, 4.69) is 52.0 Å². The van der Waals surface area contributed by atoms with Gasteiger partial charge in [0.2, 0.25) is 0 Å². The Morgan fingerprint density at radius 3 is 2.60 bits per heavy atom. The maximum atomic E-state index is 11.5. The number of hydrogen-bond acceptors (Lipinski definition) is 5. The van der Waals surface area contributed by atoms with Crippen molar-refractivity contribution in [2.45, 2.75) is 58.1 Å². The van der Waals surface area contributed by atoms with Crippen LogP contribution in [0.25, 0.3) is 11.0 Å². The van der Waals surface area contributed by atoms with Gasteiger partial charge in [-0.2, -0.15) is 0 Å². The molecule has 186 valence electrons. The molecule has 2 aromatic carbocycles. The first-order valence-electron chi connectivity index (χ1n) is 12.6. The predicted molar refractivity (Wildman–Crippen MR) is 138 cm³/mol. The van der Waals surface area contributed by atoms with Crippen molar-refractivity contribution in [1.29, 1.82) is 0 Å². The van der Waals surface area contributed by atoms with E-state index in [-0.39, 0.29) is 0 Å². The van der Waals surface area contributed by atoms with Crippen molar-refractivity contribution >= 4 is 22.8 Å². The summed E-state index contributed by atoms with van der Waals surface area (Å²) in [6, 6.07) is 12.9. The van der Waals surface area contributed by atoms with Crippen LogP contribution in [0.4, 0.5) is 10.5 Å². The minimum absolute atomic E-state index is 0.341. The SMILES string of the molecule is COC(=O)Nc1ccc2c(c1)C[C@H](CN1CCC(n3c(C(C)(C)O)nc4cc(C)ccc43)CC1)C2. The fourth-order valence-electron chi connectivity index (χ4n) is 5.82. The zero-order chi connectivity index (χ0) is 24.7. The van der Waals surface area contributed by atoms with Crippen molar-refractivity contribution < 1.29 is 14.6 Å². The van der Waals surface area contributed by atoms with Crippen molar-refractivity contribution in [3.05, 3.63) is 58.9 Å². The van der Waals surface area contributed by atoms with Crippen LogP contribution in [-0.2, 0) is 23.2 Å². The fourth-order valence-corrected chi connectivity index (χ4v) is 5.82. The fraction of sp³-hybridized carbons (Fsp3) is 0.500. The average molecular weight is 477 g/mol. The summed E-state index contributed by atoms with van der Waals surface area (Å²) in [7, 11) is 1.38. The van der Waals surface area contributed by atoms with Gasteiger partial charge in [-0.3, -0.25) is 5.32 Å². The monoisotopic (exact) mass is 476 g/mol. The van der Waals surface area contributed by atoms with Crippen LogP contribution >= 0.6 is 0 Å². The maximum Gasteiger partial charge on any atom is 0.411 e. The number of imidazole rings is 1. The molecule has 0 unspecified atom stereocenters. The molecule has 1 aromatic heterocycles. The molecular weight excluding hydrogens is 440 g/mol. The Balaban J connectivity index is 1.24. The van der Waals surface area contributed by atoms with Gasteiger partial charge in [-0.05, 0) is 93.3 Å². The Hall–Kier alpha value is -2.90. The van der Waals surface area contributed by atoms with E-state index in [0.29, 0.717) is 12.0 Å². The molecule has 1 fully saturated rings. The Bertz CT molecular complexity index is 1230. The van der Waals surface area contributed by atoms with Gasteiger partial charge in [-0.25, -0.2) is 9.78 Å². The molecule has 0 bridgehead atoms. The maximum absolute atomic E-state index is 11.5. The number of nitrogens with zero attached hydrogens (tertiary/aromatic N) is 3. The highest BCUT2D eigenvalue weighted by Crippen LogP contribution is 2.35. The van der Waals surface area contributed by atoms with E-state index in [1.807, 2.05) is 19.9 Å². The average Bonchev–Trinajstić information content (AvgIpc) is 3.39. The second-order valence-corrected chi connectivity index (χ2v) is 10.8. The van der Waals surface area contributed by atoms with E-state index in [1.54, 1.807) is 0 Å². The molecule has 1 atom stereocenters. The summed E-state index contributed by atoms with van der Waals surface area (Å²) < 4.78 is 7.01. The van der Waals surface area contributed by atoms with Crippen LogP contribution < -0.4 is 5.32 Å². The third kappa shape index (κ3) is 4.93. The molecule has 0 spiro atoms. The van der Waals surface area contributed by atoms with Crippen LogP contribution in [0.1, 0.15) is 55.2 Å². The molecule has 2 heterocycles. The quantitative estimate of drug-likeness (QED) is 0.553. The van der Waals surface area contributed by atoms with Crippen molar-refractivity contribution in [2.75, 3.05) is 32.1 Å². The van der Waals surface area contributed by atoms with Crippen molar-refractivity contribution in [3.63, 3.8) is 0 Å². The Kier molecular flexibility index (Phi) is 6.32. The van der Waals surface area contributed by atoms with Gasteiger partial charge >= 0.3 is 6.09 Å². The van der Waals surface area contributed by atoms with Crippen molar-refractivity contribution in [1.82, 2.24) is 14.5 Å².